The number of nitrogens with zero attached hydrogens (tertiary/aromatic N) is 1. The molecule has 3 N–H and O–H groups in total. The first-order valence-electron chi connectivity index (χ1n) is 6.36. The number of aliphatic hydroxyl groups excluding tert-OH is 1. The second kappa shape index (κ2) is 6.76. The minimum Gasteiger partial charge on any atom is -0.494 e. The van der Waals surface area contributed by atoms with Crippen LogP contribution in [0.5, 0.6) is 5.75 Å². The molecule has 0 fully saturated rings. The number of nitrogens with one attached hydrogen (secondary N) is 2. The first-order valence-corrected chi connectivity index (χ1v) is 6.36. The van der Waals surface area contributed by atoms with Crippen molar-refractivity contribution in [2.24, 2.45) is 0 Å². The van der Waals surface area contributed by atoms with Crippen LogP contribution in [0.4, 0.5) is 5.69 Å². The van der Waals surface area contributed by atoms with Crippen LogP contribution < -0.4 is 15.8 Å². The highest BCUT2D eigenvalue weighted by atomic mass is 16.5. The molecule has 0 saturated carbocycles. The zero-order valence-corrected chi connectivity index (χ0v) is 11.1. The summed E-state index contributed by atoms with van der Waals surface area (Å²) in [5, 5.41) is 18.7. The third-order valence-electron chi connectivity index (χ3n) is 2.58. The van der Waals surface area contributed by atoms with Gasteiger partial charge in [-0.1, -0.05) is 6.07 Å². The molecule has 0 aliphatic carbocycles. The molecule has 0 aliphatic heterocycles. The molecule has 1 atom stereocenters. The third-order valence-corrected chi connectivity index (χ3v) is 2.58. The van der Waals surface area contributed by atoms with Crippen molar-refractivity contribution in [1.82, 2.24) is 10.2 Å². The fourth-order valence-corrected chi connectivity index (χ4v) is 1.72. The second-order valence-electron chi connectivity index (χ2n) is 4.21. The SMILES string of the molecule is CCOc1cccc(NCC(O)Cc2n[nH]c(=O)o2)c1. The van der Waals surface area contributed by atoms with Gasteiger partial charge in [0.05, 0.1) is 19.1 Å². The van der Waals surface area contributed by atoms with Crippen LogP contribution in [0.25, 0.3) is 0 Å². The molecule has 0 spiro atoms. The topological polar surface area (TPSA) is 100 Å². The van der Waals surface area contributed by atoms with Crippen molar-refractivity contribution in [3.63, 3.8) is 0 Å². The Bertz CT molecular complexity index is 593. The van der Waals surface area contributed by atoms with Crippen LogP contribution in [-0.2, 0) is 6.42 Å². The maximum atomic E-state index is 10.8. The van der Waals surface area contributed by atoms with E-state index in [9.17, 15) is 9.90 Å². The molecule has 1 aromatic carbocycles. The molecule has 7 nitrogen and oxygen atoms in total. The van der Waals surface area contributed by atoms with E-state index < -0.39 is 11.9 Å². The normalized spacial score (nSPS) is 12.1. The third kappa shape index (κ3) is 4.13. The van der Waals surface area contributed by atoms with Gasteiger partial charge in [0.25, 0.3) is 0 Å². The van der Waals surface area contributed by atoms with E-state index in [0.717, 1.165) is 11.4 Å². The van der Waals surface area contributed by atoms with Crippen LogP contribution in [0.15, 0.2) is 33.5 Å². The molecule has 20 heavy (non-hydrogen) atoms. The lowest BCUT2D eigenvalue weighted by Crippen LogP contribution is -2.22. The Kier molecular flexibility index (Phi) is 4.78. The molecule has 0 saturated heterocycles. The van der Waals surface area contributed by atoms with E-state index in [-0.39, 0.29) is 12.3 Å². The van der Waals surface area contributed by atoms with Crippen molar-refractivity contribution in [3.8, 4) is 5.75 Å². The number of anilines is 1. The monoisotopic (exact) mass is 279 g/mol. The van der Waals surface area contributed by atoms with Gasteiger partial charge in [-0.05, 0) is 19.1 Å². The van der Waals surface area contributed by atoms with E-state index in [0.29, 0.717) is 13.2 Å². The van der Waals surface area contributed by atoms with Crippen LogP contribution >= 0.6 is 0 Å². The second-order valence-corrected chi connectivity index (χ2v) is 4.21. The zero-order chi connectivity index (χ0) is 14.4. The lowest BCUT2D eigenvalue weighted by molar-refractivity contribution is 0.177. The van der Waals surface area contributed by atoms with E-state index in [4.69, 9.17) is 9.15 Å². The number of H-pyrrole nitrogens is 1. The van der Waals surface area contributed by atoms with Gasteiger partial charge in [0.15, 0.2) is 0 Å². The molecule has 2 aromatic rings. The number of rotatable bonds is 7. The van der Waals surface area contributed by atoms with Crippen LogP contribution in [-0.4, -0.2) is 34.6 Å². The summed E-state index contributed by atoms with van der Waals surface area (Å²) in [5.41, 5.74) is 0.846. The Hall–Kier alpha value is -2.28. The van der Waals surface area contributed by atoms with E-state index in [1.54, 1.807) is 0 Å². The molecule has 0 aliphatic rings. The Morgan fingerprint density at radius 3 is 3.10 bits per heavy atom. The molecule has 0 bridgehead atoms. The smallest absolute Gasteiger partial charge is 0.434 e. The highest BCUT2D eigenvalue weighted by Crippen LogP contribution is 2.17. The molecule has 0 radical (unpaired) electrons. The van der Waals surface area contributed by atoms with E-state index >= 15 is 0 Å². The average Bonchev–Trinajstić information content (AvgIpc) is 2.83. The number of aromatic nitrogens is 2. The van der Waals surface area contributed by atoms with Gasteiger partial charge < -0.3 is 19.6 Å². The minimum atomic E-state index is -0.711. The van der Waals surface area contributed by atoms with E-state index in [1.165, 1.54) is 0 Å². The molecule has 7 heteroatoms. The van der Waals surface area contributed by atoms with Gasteiger partial charge in [-0.25, -0.2) is 9.89 Å². The maximum Gasteiger partial charge on any atom is 0.434 e. The molecule has 108 valence electrons. The van der Waals surface area contributed by atoms with Crippen LogP contribution in [0.1, 0.15) is 12.8 Å². The summed E-state index contributed by atoms with van der Waals surface area (Å²) >= 11 is 0. The van der Waals surface area contributed by atoms with Gasteiger partial charge in [-0.3, -0.25) is 0 Å². The van der Waals surface area contributed by atoms with Crippen LogP contribution in [0.2, 0.25) is 0 Å². The number of ether oxygens (including phenoxy) is 1. The Balaban J connectivity index is 1.84. The zero-order valence-electron chi connectivity index (χ0n) is 11.1. The fraction of sp³-hybridized carbons (Fsp3) is 0.385. The maximum absolute atomic E-state index is 10.8. The molecule has 0 amide bonds. The lowest BCUT2D eigenvalue weighted by atomic mass is 10.2. The first kappa shape index (κ1) is 14.1. The average molecular weight is 279 g/mol. The molecule has 1 unspecified atom stereocenters. The summed E-state index contributed by atoms with van der Waals surface area (Å²) in [7, 11) is 0. The largest absolute Gasteiger partial charge is 0.494 e. The molecular formula is C13H17N3O4. The summed E-state index contributed by atoms with van der Waals surface area (Å²) in [4.78, 5) is 10.8. The number of benzene rings is 1. The summed E-state index contributed by atoms with van der Waals surface area (Å²) in [6.45, 7) is 2.83. The van der Waals surface area contributed by atoms with Crippen molar-refractivity contribution >= 4 is 5.69 Å². The number of hydrogen-bond donors (Lipinski definition) is 3. The molecule has 1 aromatic heterocycles. The number of aromatic amines is 1. The van der Waals surface area contributed by atoms with Gasteiger partial charge in [0, 0.05) is 18.3 Å². The van der Waals surface area contributed by atoms with Crippen molar-refractivity contribution in [3.05, 3.63) is 40.7 Å². The first-order chi connectivity index (χ1) is 9.67. The Labute approximate surface area is 115 Å². The lowest BCUT2D eigenvalue weighted by Gasteiger charge is -2.12. The Morgan fingerprint density at radius 1 is 1.55 bits per heavy atom. The van der Waals surface area contributed by atoms with Gasteiger partial charge in [-0.2, -0.15) is 0 Å². The molecular weight excluding hydrogens is 262 g/mol. The predicted molar refractivity (Wildman–Crippen MR) is 72.9 cm³/mol. The molecule has 1 heterocycles. The fourth-order valence-electron chi connectivity index (χ4n) is 1.72. The van der Waals surface area contributed by atoms with Gasteiger partial charge in [0.1, 0.15) is 5.75 Å². The summed E-state index contributed by atoms with van der Waals surface area (Å²) in [5.74, 6) is 0.335. The summed E-state index contributed by atoms with van der Waals surface area (Å²) < 4.78 is 10.1. The standard InChI is InChI=1S/C13H17N3O4/c1-2-19-11-5-3-4-9(6-11)14-8-10(17)7-12-15-16-13(18)20-12/h3-6,10,14,17H,2,7-8H2,1H3,(H,16,18). The van der Waals surface area contributed by atoms with Crippen molar-refractivity contribution in [1.29, 1.82) is 0 Å². The van der Waals surface area contributed by atoms with Crippen molar-refractivity contribution in [2.45, 2.75) is 19.4 Å². The highest BCUT2D eigenvalue weighted by molar-refractivity contribution is 5.48. The summed E-state index contributed by atoms with van der Waals surface area (Å²) in [6, 6.07) is 7.46. The van der Waals surface area contributed by atoms with E-state index in [1.807, 2.05) is 31.2 Å². The van der Waals surface area contributed by atoms with Gasteiger partial charge >= 0.3 is 5.76 Å². The van der Waals surface area contributed by atoms with E-state index in [2.05, 4.69) is 15.5 Å². The Morgan fingerprint density at radius 2 is 2.40 bits per heavy atom. The quantitative estimate of drug-likeness (QED) is 0.692. The number of aliphatic hydroxyl groups is 1. The number of hydrogen-bond acceptors (Lipinski definition) is 6. The van der Waals surface area contributed by atoms with Gasteiger partial charge in [-0.15, -0.1) is 5.10 Å². The van der Waals surface area contributed by atoms with Crippen LogP contribution in [0, 0.1) is 0 Å². The predicted octanol–water partition coefficient (Wildman–Crippen LogP) is 0.777. The van der Waals surface area contributed by atoms with Gasteiger partial charge in [0.2, 0.25) is 5.89 Å². The van der Waals surface area contributed by atoms with Crippen molar-refractivity contribution in [2.75, 3.05) is 18.5 Å². The molecule has 2 rings (SSSR count). The van der Waals surface area contributed by atoms with Crippen molar-refractivity contribution < 1.29 is 14.3 Å². The van der Waals surface area contributed by atoms with Crippen LogP contribution in [0.3, 0.4) is 0 Å². The minimum absolute atomic E-state index is 0.164. The highest BCUT2D eigenvalue weighted by Gasteiger charge is 2.10. The summed E-state index contributed by atoms with van der Waals surface area (Å²) in [6.07, 6.45) is -0.547.